The summed E-state index contributed by atoms with van der Waals surface area (Å²) in [6, 6.07) is 0. The molecule has 0 aromatic rings. The molecule has 0 saturated carbocycles. The number of carbonyl (C=O) groups excluding carboxylic acids is 3. The Bertz CT molecular complexity index is 677. The summed E-state index contributed by atoms with van der Waals surface area (Å²) in [6.07, 6.45) is -4.38. The monoisotopic (exact) mass is 410 g/mol. The summed E-state index contributed by atoms with van der Waals surface area (Å²) in [7, 11) is -4.86. The minimum absolute atomic E-state index is 0.585. The maximum Gasteiger partial charge on any atom is 0.469 e. The summed E-state index contributed by atoms with van der Waals surface area (Å²) >= 11 is 0. The van der Waals surface area contributed by atoms with Crippen molar-refractivity contribution in [2.75, 3.05) is 6.61 Å². The summed E-state index contributed by atoms with van der Waals surface area (Å²) < 4.78 is 31.2. The van der Waals surface area contributed by atoms with Crippen LogP contribution in [0, 0.1) is 0 Å². The van der Waals surface area contributed by atoms with E-state index in [0.717, 1.165) is 24.8 Å². The third-order valence-electron chi connectivity index (χ3n) is 3.54. The van der Waals surface area contributed by atoms with E-state index in [0.29, 0.717) is 0 Å². The van der Waals surface area contributed by atoms with Crippen molar-refractivity contribution in [3.63, 3.8) is 0 Å². The molecule has 27 heavy (non-hydrogen) atoms. The molecule has 152 valence electrons. The molecule has 1 fully saturated rings. The molecule has 0 aromatic carbocycles. The van der Waals surface area contributed by atoms with Crippen molar-refractivity contribution >= 4 is 25.7 Å². The van der Waals surface area contributed by atoms with Crippen molar-refractivity contribution in [2.24, 2.45) is 0 Å². The van der Waals surface area contributed by atoms with E-state index in [2.05, 4.69) is 9.84 Å². The van der Waals surface area contributed by atoms with Crippen LogP contribution in [0.5, 0.6) is 0 Å². The number of phosphoric acid groups is 1. The molecule has 0 radical (unpaired) electrons. The Morgan fingerprint density at radius 2 is 1.85 bits per heavy atom. The zero-order valence-corrected chi connectivity index (χ0v) is 15.1. The van der Waals surface area contributed by atoms with Crippen LogP contribution < -0.4 is 5.32 Å². The fourth-order valence-corrected chi connectivity index (χ4v) is 2.95. The molecule has 1 saturated heterocycles. The van der Waals surface area contributed by atoms with Gasteiger partial charge in [0.05, 0.1) is 6.61 Å². The number of hydrogen-bond acceptors (Lipinski definition) is 10. The highest BCUT2D eigenvalue weighted by molar-refractivity contribution is 7.46. The second-order valence-electron chi connectivity index (χ2n) is 5.64. The van der Waals surface area contributed by atoms with Gasteiger partial charge in [-0.25, -0.2) is 4.57 Å². The molecule has 13 nitrogen and oxygen atoms in total. The van der Waals surface area contributed by atoms with E-state index in [1.54, 1.807) is 0 Å². The Morgan fingerprint density at radius 3 is 2.37 bits per heavy atom. The van der Waals surface area contributed by atoms with E-state index in [1.807, 2.05) is 0 Å². The maximum absolute atomic E-state index is 11.5. The highest BCUT2D eigenvalue weighted by atomic mass is 31.2. The van der Waals surface area contributed by atoms with Gasteiger partial charge in [-0.15, -0.1) is 0 Å². The first-order valence-corrected chi connectivity index (χ1v) is 9.15. The molecule has 4 N–H and O–H groups in total. The lowest BCUT2D eigenvalue weighted by Gasteiger charge is -2.36. The molecule has 0 aliphatic carbocycles. The van der Waals surface area contributed by atoms with Crippen molar-refractivity contribution in [3.05, 3.63) is 12.3 Å². The number of esters is 2. The fraction of sp³-hybridized carbons (Fsp3) is 0.615. The Morgan fingerprint density at radius 1 is 1.26 bits per heavy atom. The number of nitrogens with zero attached hydrogens (tertiary/aromatic N) is 1. The van der Waals surface area contributed by atoms with Crippen LogP contribution in [0.2, 0.25) is 0 Å². The highest BCUT2D eigenvalue weighted by Gasteiger charge is 2.53. The summed E-state index contributed by atoms with van der Waals surface area (Å²) in [5, 5.41) is 12.2. The van der Waals surface area contributed by atoms with Crippen LogP contribution in [-0.4, -0.2) is 75.1 Å². The predicted molar refractivity (Wildman–Crippen MR) is 82.9 cm³/mol. The number of amides is 1. The van der Waals surface area contributed by atoms with Gasteiger partial charge in [0.1, 0.15) is 6.10 Å². The van der Waals surface area contributed by atoms with E-state index in [1.165, 1.54) is 6.20 Å². The van der Waals surface area contributed by atoms with Crippen LogP contribution in [0.1, 0.15) is 13.8 Å². The van der Waals surface area contributed by atoms with E-state index in [9.17, 15) is 24.1 Å². The van der Waals surface area contributed by atoms with Gasteiger partial charge in [0.25, 0.3) is 0 Å². The van der Waals surface area contributed by atoms with Gasteiger partial charge in [-0.3, -0.25) is 18.9 Å². The summed E-state index contributed by atoms with van der Waals surface area (Å²) in [5.74, 6) is -2.12. The quantitative estimate of drug-likeness (QED) is 0.277. The van der Waals surface area contributed by atoms with Gasteiger partial charge in [-0.2, -0.15) is 0 Å². The van der Waals surface area contributed by atoms with Crippen LogP contribution in [0.25, 0.3) is 0 Å². The third kappa shape index (κ3) is 5.73. The number of ether oxygens (including phenoxy) is 3. The number of rotatable bonds is 6. The number of phosphoric ester groups is 1. The molecule has 2 rings (SSSR count). The second-order valence-corrected chi connectivity index (χ2v) is 6.88. The topological polar surface area (TPSA) is 181 Å². The van der Waals surface area contributed by atoms with Gasteiger partial charge in [0.15, 0.2) is 18.4 Å². The van der Waals surface area contributed by atoms with Gasteiger partial charge >= 0.3 is 19.8 Å². The third-order valence-corrected chi connectivity index (χ3v) is 4.03. The summed E-state index contributed by atoms with van der Waals surface area (Å²) in [6.45, 7) is 1.47. The number of nitrogens with one attached hydrogen (secondary N) is 1. The Labute approximate surface area is 153 Å². The molecular formula is C13H19N2O11P. The molecule has 2 aliphatic rings. The molecule has 1 amide bonds. The van der Waals surface area contributed by atoms with Gasteiger partial charge < -0.3 is 39.3 Å². The summed E-state index contributed by atoms with van der Waals surface area (Å²) in [4.78, 5) is 53.0. The molecule has 2 heterocycles. The van der Waals surface area contributed by atoms with Gasteiger partial charge in [0, 0.05) is 26.1 Å². The Hall–Kier alpha value is -2.02. The summed E-state index contributed by atoms with van der Waals surface area (Å²) in [5.41, 5.74) is 0. The first-order chi connectivity index (χ1) is 12.5. The van der Waals surface area contributed by atoms with Crippen LogP contribution >= 0.6 is 7.82 Å². The van der Waals surface area contributed by atoms with Crippen molar-refractivity contribution in [2.45, 2.75) is 44.7 Å². The standard InChI is InChI=1S/C13H19N2O11P/c1-6(16)24-10-8(5-23-27(20,21)22)26-12(11(10)25-7(2)17)15-4-3-9(18)14-13(15)19/h3-4,8,10-13,19H,5H2,1-2H3,(H,14,18)(H2,20,21,22)/t8-,10-,11-,12-,13?/m1/s1. The highest BCUT2D eigenvalue weighted by Crippen LogP contribution is 2.38. The average Bonchev–Trinajstić information content (AvgIpc) is 2.81. The normalized spacial score (nSPS) is 30.8. The second kappa shape index (κ2) is 8.33. The average molecular weight is 410 g/mol. The number of aliphatic hydroxyl groups excluding tert-OH is 1. The number of aliphatic hydroxyl groups is 1. The van der Waals surface area contributed by atoms with E-state index >= 15 is 0 Å². The fourth-order valence-electron chi connectivity index (χ4n) is 2.61. The zero-order valence-electron chi connectivity index (χ0n) is 14.3. The van der Waals surface area contributed by atoms with Crippen LogP contribution in [0.15, 0.2) is 12.3 Å². The molecule has 0 spiro atoms. The van der Waals surface area contributed by atoms with Crippen LogP contribution in [0.4, 0.5) is 0 Å². The first kappa shape index (κ1) is 21.3. The molecule has 5 atom stereocenters. The van der Waals surface area contributed by atoms with Gasteiger partial charge in [-0.1, -0.05) is 0 Å². The number of hydrogen-bond donors (Lipinski definition) is 4. The Kier molecular flexibility index (Phi) is 6.57. The lowest BCUT2D eigenvalue weighted by molar-refractivity contribution is -0.175. The van der Waals surface area contributed by atoms with Crippen LogP contribution in [0.3, 0.4) is 0 Å². The van der Waals surface area contributed by atoms with Crippen molar-refractivity contribution in [3.8, 4) is 0 Å². The smallest absolute Gasteiger partial charge is 0.456 e. The number of carbonyl (C=O) groups is 3. The SMILES string of the molecule is CC(=O)O[C@@H]1[C@H](OC(C)=O)[C@@H](COP(=O)(O)O)O[C@H]1N1C=CC(=O)NC1O. The maximum atomic E-state index is 11.5. The van der Waals surface area contributed by atoms with E-state index < -0.39 is 63.2 Å². The van der Waals surface area contributed by atoms with E-state index in [4.69, 9.17) is 24.0 Å². The van der Waals surface area contributed by atoms with Gasteiger partial charge in [0.2, 0.25) is 12.3 Å². The minimum Gasteiger partial charge on any atom is -0.456 e. The van der Waals surface area contributed by atoms with Crippen LogP contribution in [-0.2, 0) is 37.7 Å². The molecule has 14 heteroatoms. The van der Waals surface area contributed by atoms with Crippen molar-refractivity contribution < 1.29 is 52.6 Å². The van der Waals surface area contributed by atoms with Gasteiger partial charge in [-0.05, 0) is 0 Å². The zero-order chi connectivity index (χ0) is 20.4. The molecule has 2 aliphatic heterocycles. The molecular weight excluding hydrogens is 391 g/mol. The Balaban J connectivity index is 2.31. The molecule has 0 aromatic heterocycles. The largest absolute Gasteiger partial charge is 0.469 e. The first-order valence-electron chi connectivity index (χ1n) is 7.62. The molecule has 0 bridgehead atoms. The van der Waals surface area contributed by atoms with Crippen molar-refractivity contribution in [1.29, 1.82) is 0 Å². The lowest BCUT2D eigenvalue weighted by Crippen LogP contribution is -2.56. The van der Waals surface area contributed by atoms with E-state index in [-0.39, 0.29) is 0 Å². The predicted octanol–water partition coefficient (Wildman–Crippen LogP) is -2.09. The molecule has 1 unspecified atom stereocenters. The van der Waals surface area contributed by atoms with Crippen molar-refractivity contribution in [1.82, 2.24) is 10.2 Å². The lowest BCUT2D eigenvalue weighted by atomic mass is 10.1. The minimum atomic E-state index is -4.86.